The van der Waals surface area contributed by atoms with Gasteiger partial charge in [-0.3, -0.25) is 0 Å². The number of methoxy groups -OCH3 is 2. The highest BCUT2D eigenvalue weighted by atomic mass is 16.5. The number of nitrogens with zero attached hydrogens (tertiary/aromatic N) is 3. The van der Waals surface area contributed by atoms with Crippen LogP contribution in [0, 0.1) is 0 Å². The molecular weight excluding hydrogens is 224 g/mol. The van der Waals surface area contributed by atoms with E-state index < -0.39 is 0 Å². The fourth-order valence-electron chi connectivity index (χ4n) is 1.95. The van der Waals surface area contributed by atoms with Crippen LogP contribution in [0.25, 0.3) is 0 Å². The molecule has 0 spiro atoms. The Bertz CT molecular complexity index is 345. The lowest BCUT2D eigenvalue weighted by atomic mass is 10.3. The number of rotatable bonds is 5. The number of hydrogen-bond donors (Lipinski definition) is 1. The van der Waals surface area contributed by atoms with Gasteiger partial charge in [-0.15, -0.1) is 5.10 Å². The van der Waals surface area contributed by atoms with E-state index in [1.54, 1.807) is 14.2 Å². The fourth-order valence-corrected chi connectivity index (χ4v) is 1.95. The minimum Gasteiger partial charge on any atom is -0.407 e. The Labute approximate surface area is 100 Å². The van der Waals surface area contributed by atoms with Gasteiger partial charge in [0.15, 0.2) is 0 Å². The van der Waals surface area contributed by atoms with Gasteiger partial charge in [-0.05, 0) is 7.05 Å². The molecule has 7 nitrogen and oxygen atoms in total. The van der Waals surface area contributed by atoms with Crippen molar-refractivity contribution in [1.82, 2.24) is 15.5 Å². The lowest BCUT2D eigenvalue weighted by molar-refractivity contribution is -0.00461. The van der Waals surface area contributed by atoms with Crippen LogP contribution in [0.15, 0.2) is 4.42 Å². The Morgan fingerprint density at radius 1 is 1.29 bits per heavy atom. The number of ether oxygens (including phenoxy) is 2. The predicted octanol–water partition coefficient (Wildman–Crippen LogP) is -0.361. The maximum atomic E-state index is 5.52. The summed E-state index contributed by atoms with van der Waals surface area (Å²) in [6.07, 6.45) is 0.0827. The minimum atomic E-state index is 0.0413. The average Bonchev–Trinajstić information content (AvgIpc) is 2.94. The summed E-state index contributed by atoms with van der Waals surface area (Å²) >= 11 is 0. The Morgan fingerprint density at radius 2 is 1.94 bits per heavy atom. The molecule has 0 aromatic carbocycles. The molecule has 1 aliphatic heterocycles. The summed E-state index contributed by atoms with van der Waals surface area (Å²) in [6, 6.07) is 0.525. The number of hydrogen-bond acceptors (Lipinski definition) is 7. The standard InChI is InChI=1S/C10H18N4O3/c1-11-4-9-12-13-10(17-9)14-5-7(15-2)8(6-14)16-3/h7-8,11H,4-6H2,1-3H3. The first kappa shape index (κ1) is 12.3. The molecule has 17 heavy (non-hydrogen) atoms. The van der Waals surface area contributed by atoms with Gasteiger partial charge in [-0.1, -0.05) is 5.10 Å². The summed E-state index contributed by atoms with van der Waals surface area (Å²) in [5.41, 5.74) is 0. The Hall–Kier alpha value is -1.18. The van der Waals surface area contributed by atoms with Gasteiger partial charge in [0.1, 0.15) is 12.2 Å². The van der Waals surface area contributed by atoms with Gasteiger partial charge in [-0.2, -0.15) is 0 Å². The van der Waals surface area contributed by atoms with E-state index in [2.05, 4.69) is 15.5 Å². The highest BCUT2D eigenvalue weighted by Gasteiger charge is 2.35. The van der Waals surface area contributed by atoms with Crippen LogP contribution in [0.4, 0.5) is 6.01 Å². The smallest absolute Gasteiger partial charge is 0.318 e. The maximum absolute atomic E-state index is 5.52. The van der Waals surface area contributed by atoms with Crippen molar-refractivity contribution < 1.29 is 13.9 Å². The molecule has 2 heterocycles. The summed E-state index contributed by atoms with van der Waals surface area (Å²) in [7, 11) is 5.20. The molecule has 1 fully saturated rings. The van der Waals surface area contributed by atoms with Crippen LogP contribution in [0.3, 0.4) is 0 Å². The topological polar surface area (TPSA) is 72.7 Å². The third-order valence-corrected chi connectivity index (χ3v) is 2.88. The van der Waals surface area contributed by atoms with Gasteiger partial charge >= 0.3 is 6.01 Å². The molecule has 96 valence electrons. The molecule has 1 saturated heterocycles. The summed E-state index contributed by atoms with van der Waals surface area (Å²) in [5.74, 6) is 0.581. The Balaban J connectivity index is 2.02. The first-order chi connectivity index (χ1) is 8.28. The van der Waals surface area contributed by atoms with Gasteiger partial charge in [0.05, 0.1) is 19.6 Å². The molecule has 1 aromatic rings. The highest BCUT2D eigenvalue weighted by Crippen LogP contribution is 2.22. The third-order valence-electron chi connectivity index (χ3n) is 2.88. The summed E-state index contributed by atoms with van der Waals surface area (Å²) in [5, 5.41) is 10.9. The molecular formula is C10H18N4O3. The molecule has 0 bridgehead atoms. The lowest BCUT2D eigenvalue weighted by Gasteiger charge is -2.13. The minimum absolute atomic E-state index is 0.0413. The number of anilines is 1. The van der Waals surface area contributed by atoms with Crippen LogP contribution < -0.4 is 10.2 Å². The van der Waals surface area contributed by atoms with Crippen molar-refractivity contribution in [2.24, 2.45) is 0 Å². The van der Waals surface area contributed by atoms with E-state index in [4.69, 9.17) is 13.9 Å². The molecule has 2 rings (SSSR count). The van der Waals surface area contributed by atoms with Gasteiger partial charge in [0.2, 0.25) is 5.89 Å². The first-order valence-corrected chi connectivity index (χ1v) is 5.56. The van der Waals surface area contributed by atoms with Crippen molar-refractivity contribution in [3.63, 3.8) is 0 Å². The summed E-state index contributed by atoms with van der Waals surface area (Å²) in [6.45, 7) is 1.98. The number of nitrogens with one attached hydrogen (secondary N) is 1. The lowest BCUT2D eigenvalue weighted by Crippen LogP contribution is -2.27. The van der Waals surface area contributed by atoms with Gasteiger partial charge < -0.3 is 24.1 Å². The van der Waals surface area contributed by atoms with Crippen LogP contribution in [0.5, 0.6) is 0 Å². The van der Waals surface area contributed by atoms with E-state index in [1.807, 2.05) is 11.9 Å². The van der Waals surface area contributed by atoms with Crippen LogP contribution in [-0.4, -0.2) is 56.8 Å². The van der Waals surface area contributed by atoms with E-state index in [0.717, 1.165) is 0 Å². The molecule has 2 atom stereocenters. The predicted molar refractivity (Wildman–Crippen MR) is 60.9 cm³/mol. The molecule has 1 aliphatic rings. The molecule has 0 radical (unpaired) electrons. The molecule has 1 aromatic heterocycles. The molecule has 1 N–H and O–H groups in total. The van der Waals surface area contributed by atoms with Crippen LogP contribution in [0.1, 0.15) is 5.89 Å². The maximum Gasteiger partial charge on any atom is 0.318 e. The molecule has 7 heteroatoms. The summed E-state index contributed by atoms with van der Waals surface area (Å²) in [4.78, 5) is 1.98. The second-order valence-corrected chi connectivity index (χ2v) is 3.96. The van der Waals surface area contributed by atoms with Crippen molar-refractivity contribution >= 4 is 6.01 Å². The normalized spacial score (nSPS) is 24.5. The van der Waals surface area contributed by atoms with E-state index in [1.165, 1.54) is 0 Å². The SMILES string of the molecule is CNCc1nnc(N2CC(OC)C(OC)C2)o1. The Kier molecular flexibility index (Phi) is 3.93. The zero-order chi connectivity index (χ0) is 12.3. The van der Waals surface area contributed by atoms with E-state index in [9.17, 15) is 0 Å². The molecule has 0 saturated carbocycles. The van der Waals surface area contributed by atoms with Gasteiger partial charge in [0, 0.05) is 14.2 Å². The molecule has 0 aliphatic carbocycles. The second kappa shape index (κ2) is 5.44. The van der Waals surface area contributed by atoms with Crippen molar-refractivity contribution in [1.29, 1.82) is 0 Å². The van der Waals surface area contributed by atoms with E-state index in [0.29, 0.717) is 31.5 Å². The van der Waals surface area contributed by atoms with Gasteiger partial charge in [-0.25, -0.2) is 0 Å². The number of aromatic nitrogens is 2. The Morgan fingerprint density at radius 3 is 2.47 bits per heavy atom. The van der Waals surface area contributed by atoms with Crippen LogP contribution >= 0.6 is 0 Å². The van der Waals surface area contributed by atoms with Crippen molar-refractivity contribution in [2.75, 3.05) is 39.3 Å². The van der Waals surface area contributed by atoms with Crippen molar-refractivity contribution in [3.8, 4) is 0 Å². The fraction of sp³-hybridized carbons (Fsp3) is 0.800. The average molecular weight is 242 g/mol. The van der Waals surface area contributed by atoms with E-state index in [-0.39, 0.29) is 12.2 Å². The molecule has 2 unspecified atom stereocenters. The molecule has 0 amide bonds. The van der Waals surface area contributed by atoms with E-state index >= 15 is 0 Å². The zero-order valence-electron chi connectivity index (χ0n) is 10.3. The second-order valence-electron chi connectivity index (χ2n) is 3.96. The van der Waals surface area contributed by atoms with Crippen molar-refractivity contribution in [2.45, 2.75) is 18.8 Å². The van der Waals surface area contributed by atoms with Crippen LogP contribution in [0.2, 0.25) is 0 Å². The summed E-state index contributed by atoms with van der Waals surface area (Å²) < 4.78 is 16.2. The highest BCUT2D eigenvalue weighted by molar-refractivity contribution is 5.28. The van der Waals surface area contributed by atoms with Crippen molar-refractivity contribution in [3.05, 3.63) is 5.89 Å². The first-order valence-electron chi connectivity index (χ1n) is 5.56. The quantitative estimate of drug-likeness (QED) is 0.755. The van der Waals surface area contributed by atoms with Crippen LogP contribution in [-0.2, 0) is 16.0 Å². The monoisotopic (exact) mass is 242 g/mol. The third kappa shape index (κ3) is 2.56. The zero-order valence-corrected chi connectivity index (χ0v) is 10.3. The van der Waals surface area contributed by atoms with Gasteiger partial charge in [0.25, 0.3) is 0 Å². The largest absolute Gasteiger partial charge is 0.407 e.